The average molecular weight is 418 g/mol. The molecule has 0 radical (unpaired) electrons. The number of carbonyl (C=O) groups excluding carboxylic acids is 1. The number of fused-ring (bicyclic) bond motifs is 2. The van der Waals surface area contributed by atoms with E-state index in [9.17, 15) is 13.2 Å². The number of hydrogen-bond donors (Lipinski definition) is 3. The van der Waals surface area contributed by atoms with Crippen LogP contribution < -0.4 is 15.4 Å². The Bertz CT molecular complexity index is 941. The van der Waals surface area contributed by atoms with Crippen LogP contribution in [0.3, 0.4) is 0 Å². The van der Waals surface area contributed by atoms with Gasteiger partial charge in [-0.3, -0.25) is 0 Å². The van der Waals surface area contributed by atoms with Crippen molar-refractivity contribution in [2.24, 2.45) is 17.8 Å². The number of furan rings is 1. The van der Waals surface area contributed by atoms with Gasteiger partial charge in [-0.15, -0.1) is 0 Å². The van der Waals surface area contributed by atoms with E-state index < -0.39 is 10.0 Å². The standard InChI is InChI=1S/C21H27N3O4S/c1-14(20-11-15-2-3-17(20)10-15)24-29(26,27)19-6-4-18(5-7-19)23-21(25)22-12-16-8-9-28-13-16/h4-9,13-15,17,20,24H,2-3,10-12H2,1H3,(H2,22,23,25)/t14-,15-,17-,20-/m0/s1. The number of amides is 2. The zero-order valence-corrected chi connectivity index (χ0v) is 17.2. The van der Waals surface area contributed by atoms with E-state index in [1.807, 2.05) is 6.92 Å². The molecule has 1 aromatic heterocycles. The summed E-state index contributed by atoms with van der Waals surface area (Å²) in [5, 5.41) is 5.40. The zero-order chi connectivity index (χ0) is 20.4. The quantitative estimate of drug-likeness (QED) is 0.639. The molecular weight excluding hydrogens is 390 g/mol. The Labute approximate surface area is 171 Å². The number of hydrogen-bond acceptors (Lipinski definition) is 4. The Morgan fingerprint density at radius 2 is 1.97 bits per heavy atom. The van der Waals surface area contributed by atoms with E-state index in [-0.39, 0.29) is 17.0 Å². The molecule has 0 unspecified atom stereocenters. The molecule has 2 bridgehead atoms. The van der Waals surface area contributed by atoms with Crippen LogP contribution in [0, 0.1) is 17.8 Å². The second kappa shape index (κ2) is 8.20. The van der Waals surface area contributed by atoms with E-state index in [4.69, 9.17) is 4.42 Å². The lowest BCUT2D eigenvalue weighted by molar-refractivity contribution is 0.251. The van der Waals surface area contributed by atoms with E-state index in [2.05, 4.69) is 15.4 Å². The van der Waals surface area contributed by atoms with Gasteiger partial charge < -0.3 is 15.1 Å². The number of urea groups is 1. The molecule has 2 fully saturated rings. The van der Waals surface area contributed by atoms with Gasteiger partial charge in [0.05, 0.1) is 17.4 Å². The molecule has 1 aromatic carbocycles. The Morgan fingerprint density at radius 1 is 1.17 bits per heavy atom. The molecule has 3 N–H and O–H groups in total. The molecule has 2 aromatic rings. The molecule has 2 saturated carbocycles. The first-order chi connectivity index (χ1) is 13.9. The first kappa shape index (κ1) is 20.0. The summed E-state index contributed by atoms with van der Waals surface area (Å²) in [6.45, 7) is 2.32. The van der Waals surface area contributed by atoms with Crippen LogP contribution in [0.25, 0.3) is 0 Å². The number of anilines is 1. The van der Waals surface area contributed by atoms with Crippen LogP contribution >= 0.6 is 0 Å². The van der Waals surface area contributed by atoms with E-state index >= 15 is 0 Å². The van der Waals surface area contributed by atoms with Gasteiger partial charge in [-0.2, -0.15) is 0 Å². The molecule has 1 heterocycles. The van der Waals surface area contributed by atoms with Crippen molar-refractivity contribution in [3.8, 4) is 0 Å². The van der Waals surface area contributed by atoms with Crippen LogP contribution in [0.15, 0.2) is 52.2 Å². The van der Waals surface area contributed by atoms with Crippen molar-refractivity contribution in [3.63, 3.8) is 0 Å². The molecule has 0 spiro atoms. The molecule has 4 rings (SSSR count). The average Bonchev–Trinajstić information content (AvgIpc) is 3.44. The lowest BCUT2D eigenvalue weighted by Gasteiger charge is -2.28. The number of sulfonamides is 1. The van der Waals surface area contributed by atoms with Gasteiger partial charge in [0, 0.05) is 23.8 Å². The predicted molar refractivity (Wildman–Crippen MR) is 110 cm³/mol. The predicted octanol–water partition coefficient (Wildman–Crippen LogP) is 3.70. The molecule has 2 amide bonds. The topological polar surface area (TPSA) is 100 Å². The summed E-state index contributed by atoms with van der Waals surface area (Å²) in [7, 11) is -3.59. The summed E-state index contributed by atoms with van der Waals surface area (Å²) in [6.07, 6.45) is 8.00. The molecule has 0 saturated heterocycles. The van der Waals surface area contributed by atoms with Gasteiger partial charge in [-0.1, -0.05) is 6.42 Å². The van der Waals surface area contributed by atoms with E-state index in [1.54, 1.807) is 30.7 Å². The SMILES string of the molecule is C[C@H](NS(=O)(=O)c1ccc(NC(=O)NCc2ccoc2)cc1)[C@@H]1C[C@H]2CC[C@H]1C2. The third-order valence-corrected chi connectivity index (χ3v) is 7.81. The maximum atomic E-state index is 12.8. The van der Waals surface area contributed by atoms with Gasteiger partial charge in [0.15, 0.2) is 0 Å². The fourth-order valence-corrected chi connectivity index (χ4v) is 6.07. The van der Waals surface area contributed by atoms with Crippen molar-refractivity contribution < 1.29 is 17.6 Å². The summed E-state index contributed by atoms with van der Waals surface area (Å²) in [5.74, 6) is 1.87. The second-order valence-electron chi connectivity index (χ2n) is 8.21. The lowest BCUT2D eigenvalue weighted by atomic mass is 9.84. The van der Waals surface area contributed by atoms with Crippen LogP contribution in [0.5, 0.6) is 0 Å². The molecule has 2 aliphatic carbocycles. The molecule has 4 atom stereocenters. The summed E-state index contributed by atoms with van der Waals surface area (Å²) in [6, 6.07) is 7.54. The molecular formula is C21H27N3O4S. The first-order valence-corrected chi connectivity index (χ1v) is 11.6. The van der Waals surface area contributed by atoms with Gasteiger partial charge in [0.1, 0.15) is 0 Å². The monoisotopic (exact) mass is 417 g/mol. The summed E-state index contributed by atoms with van der Waals surface area (Å²) in [4.78, 5) is 12.2. The Morgan fingerprint density at radius 3 is 2.59 bits per heavy atom. The van der Waals surface area contributed by atoms with Gasteiger partial charge in [0.2, 0.25) is 10.0 Å². The van der Waals surface area contributed by atoms with Crippen LogP contribution in [0.2, 0.25) is 0 Å². The van der Waals surface area contributed by atoms with Gasteiger partial charge >= 0.3 is 6.03 Å². The van der Waals surface area contributed by atoms with Crippen molar-refractivity contribution in [1.29, 1.82) is 0 Å². The second-order valence-corrected chi connectivity index (χ2v) is 9.93. The highest BCUT2D eigenvalue weighted by atomic mass is 32.2. The summed E-state index contributed by atoms with van der Waals surface area (Å²) >= 11 is 0. The third kappa shape index (κ3) is 4.64. The molecule has 0 aliphatic heterocycles. The van der Waals surface area contributed by atoms with Crippen LogP contribution in [0.4, 0.5) is 10.5 Å². The zero-order valence-electron chi connectivity index (χ0n) is 16.4. The van der Waals surface area contributed by atoms with Crippen molar-refractivity contribution in [1.82, 2.24) is 10.0 Å². The first-order valence-electron chi connectivity index (χ1n) is 10.1. The number of carbonyl (C=O) groups is 1. The van der Waals surface area contributed by atoms with E-state index in [0.717, 1.165) is 17.9 Å². The lowest BCUT2D eigenvalue weighted by Crippen LogP contribution is -2.40. The largest absolute Gasteiger partial charge is 0.472 e. The summed E-state index contributed by atoms with van der Waals surface area (Å²) < 4.78 is 33.3. The van der Waals surface area contributed by atoms with Crippen LogP contribution in [-0.4, -0.2) is 20.5 Å². The number of nitrogens with one attached hydrogen (secondary N) is 3. The maximum Gasteiger partial charge on any atom is 0.319 e. The van der Waals surface area contributed by atoms with E-state index in [1.165, 1.54) is 31.4 Å². The van der Waals surface area contributed by atoms with Crippen molar-refractivity contribution in [2.75, 3.05) is 5.32 Å². The van der Waals surface area contributed by atoms with Crippen molar-refractivity contribution >= 4 is 21.7 Å². The fourth-order valence-electron chi connectivity index (χ4n) is 4.77. The van der Waals surface area contributed by atoms with Crippen molar-refractivity contribution in [2.45, 2.75) is 50.1 Å². The highest BCUT2D eigenvalue weighted by Crippen LogP contribution is 2.49. The molecule has 29 heavy (non-hydrogen) atoms. The van der Waals surface area contributed by atoms with E-state index in [0.29, 0.717) is 24.1 Å². The summed E-state index contributed by atoms with van der Waals surface area (Å²) in [5.41, 5.74) is 1.38. The highest BCUT2D eigenvalue weighted by Gasteiger charge is 2.42. The minimum atomic E-state index is -3.59. The number of benzene rings is 1. The molecule has 8 heteroatoms. The Hall–Kier alpha value is -2.32. The highest BCUT2D eigenvalue weighted by molar-refractivity contribution is 7.89. The molecule has 2 aliphatic rings. The maximum absolute atomic E-state index is 12.8. The van der Waals surface area contributed by atoms with Gasteiger partial charge in [-0.25, -0.2) is 17.9 Å². The Kier molecular flexibility index (Phi) is 5.65. The minimum absolute atomic E-state index is 0.0678. The number of rotatable bonds is 7. The minimum Gasteiger partial charge on any atom is -0.472 e. The third-order valence-electron chi connectivity index (χ3n) is 6.23. The Balaban J connectivity index is 1.32. The van der Waals surface area contributed by atoms with Gasteiger partial charge in [-0.05, 0) is 74.3 Å². The smallest absolute Gasteiger partial charge is 0.319 e. The fraction of sp³-hybridized carbons (Fsp3) is 0.476. The molecule has 156 valence electrons. The van der Waals surface area contributed by atoms with Crippen LogP contribution in [0.1, 0.15) is 38.2 Å². The molecule has 7 nitrogen and oxygen atoms in total. The van der Waals surface area contributed by atoms with Gasteiger partial charge in [0.25, 0.3) is 0 Å². The normalized spacial score (nSPS) is 24.4. The van der Waals surface area contributed by atoms with Crippen molar-refractivity contribution in [3.05, 3.63) is 48.4 Å². The van der Waals surface area contributed by atoms with Crippen LogP contribution in [-0.2, 0) is 16.6 Å².